The summed E-state index contributed by atoms with van der Waals surface area (Å²) in [5, 5.41) is 10.1. The number of para-hydroxylation sites is 1. The number of fused-ring (bicyclic) bond motifs is 1. The summed E-state index contributed by atoms with van der Waals surface area (Å²) in [6, 6.07) is 4.91. The molecule has 0 spiro atoms. The van der Waals surface area contributed by atoms with Crippen LogP contribution in [-0.2, 0) is 25.7 Å². The Hall–Kier alpha value is -2.06. The normalized spacial score (nSPS) is 15.3. The van der Waals surface area contributed by atoms with E-state index in [0.717, 1.165) is 0 Å². The molecule has 0 atom stereocenters. The van der Waals surface area contributed by atoms with Crippen molar-refractivity contribution in [2.75, 3.05) is 6.54 Å². The predicted molar refractivity (Wildman–Crippen MR) is 80.8 cm³/mol. The lowest BCUT2D eigenvalue weighted by Crippen LogP contribution is -2.36. The van der Waals surface area contributed by atoms with Gasteiger partial charge in [-0.25, -0.2) is 4.98 Å². The summed E-state index contributed by atoms with van der Waals surface area (Å²) in [6.07, 6.45) is -4.42. The molecule has 2 aromatic rings. The van der Waals surface area contributed by atoms with Gasteiger partial charge in [0.2, 0.25) is 5.82 Å². The van der Waals surface area contributed by atoms with Crippen LogP contribution in [0, 0.1) is 0 Å². The standard InChI is InChI=1S/C15H13ClF3N3O2/c16-10-3-1-2-8(12(10)23)6-22-5-4-9-11(7-22)20-14(15(17,18)19)21-13(9)24/h1-3,23H,4-7H2,(H,20,21,24). The van der Waals surface area contributed by atoms with Crippen LogP contribution in [0.15, 0.2) is 23.0 Å². The number of H-pyrrole nitrogens is 1. The van der Waals surface area contributed by atoms with Crippen LogP contribution in [0.25, 0.3) is 0 Å². The van der Waals surface area contributed by atoms with Gasteiger partial charge < -0.3 is 10.1 Å². The average molecular weight is 360 g/mol. The van der Waals surface area contributed by atoms with Gasteiger partial charge >= 0.3 is 6.18 Å². The third-order valence-electron chi connectivity index (χ3n) is 3.89. The van der Waals surface area contributed by atoms with Crippen LogP contribution in [0.5, 0.6) is 5.75 Å². The second-order valence-electron chi connectivity index (χ2n) is 5.55. The molecular formula is C15H13ClF3N3O2. The molecular weight excluding hydrogens is 347 g/mol. The lowest BCUT2D eigenvalue weighted by Gasteiger charge is -2.28. The molecule has 2 N–H and O–H groups in total. The average Bonchev–Trinajstić information content (AvgIpc) is 2.50. The Kier molecular flexibility index (Phi) is 4.27. The number of rotatable bonds is 2. The van der Waals surface area contributed by atoms with E-state index in [1.165, 1.54) is 0 Å². The van der Waals surface area contributed by atoms with Crippen LogP contribution in [-0.4, -0.2) is 26.5 Å². The summed E-state index contributed by atoms with van der Waals surface area (Å²) in [5.41, 5.74) is 0.192. The van der Waals surface area contributed by atoms with E-state index in [-0.39, 0.29) is 35.0 Å². The minimum Gasteiger partial charge on any atom is -0.506 e. The first-order chi connectivity index (χ1) is 11.3. The number of alkyl halides is 3. The number of nitrogens with one attached hydrogen (secondary N) is 1. The summed E-state index contributed by atoms with van der Waals surface area (Å²) < 4.78 is 38.4. The first kappa shape index (κ1) is 16.8. The van der Waals surface area contributed by atoms with Crippen molar-refractivity contribution >= 4 is 11.6 Å². The molecule has 1 aliphatic rings. The summed E-state index contributed by atoms with van der Waals surface area (Å²) in [5.74, 6) is -1.35. The Morgan fingerprint density at radius 3 is 2.83 bits per heavy atom. The van der Waals surface area contributed by atoms with E-state index in [2.05, 4.69) is 4.98 Å². The van der Waals surface area contributed by atoms with Gasteiger partial charge in [0.1, 0.15) is 5.75 Å². The Morgan fingerprint density at radius 2 is 2.12 bits per heavy atom. The molecule has 1 aliphatic heterocycles. The Balaban J connectivity index is 1.87. The third-order valence-corrected chi connectivity index (χ3v) is 4.19. The molecule has 0 radical (unpaired) electrons. The fraction of sp³-hybridized carbons (Fsp3) is 0.333. The van der Waals surface area contributed by atoms with Gasteiger partial charge in [-0.05, 0) is 12.5 Å². The Morgan fingerprint density at radius 1 is 1.38 bits per heavy atom. The molecule has 1 aromatic heterocycles. The van der Waals surface area contributed by atoms with Crippen molar-refractivity contribution in [3.05, 3.63) is 56.2 Å². The minimum absolute atomic E-state index is 0.0557. The zero-order valence-corrected chi connectivity index (χ0v) is 13.1. The van der Waals surface area contributed by atoms with Gasteiger partial charge in [0.25, 0.3) is 5.56 Å². The number of hydrogen-bond acceptors (Lipinski definition) is 4. The second-order valence-corrected chi connectivity index (χ2v) is 5.95. The van der Waals surface area contributed by atoms with Gasteiger partial charge in [-0.2, -0.15) is 13.2 Å². The van der Waals surface area contributed by atoms with Gasteiger partial charge in [-0.1, -0.05) is 23.7 Å². The maximum absolute atomic E-state index is 12.8. The Labute approximate surface area is 139 Å². The van der Waals surface area contributed by atoms with Gasteiger partial charge in [0, 0.05) is 30.8 Å². The van der Waals surface area contributed by atoms with E-state index in [0.29, 0.717) is 18.7 Å². The topological polar surface area (TPSA) is 69.2 Å². The zero-order valence-electron chi connectivity index (χ0n) is 12.3. The number of aromatic amines is 1. The highest BCUT2D eigenvalue weighted by atomic mass is 35.5. The van der Waals surface area contributed by atoms with Gasteiger partial charge in [0.05, 0.1) is 10.7 Å². The van der Waals surface area contributed by atoms with Crippen LogP contribution in [0.2, 0.25) is 5.02 Å². The lowest BCUT2D eigenvalue weighted by atomic mass is 10.1. The zero-order chi connectivity index (χ0) is 17.5. The van der Waals surface area contributed by atoms with Crippen LogP contribution < -0.4 is 5.56 Å². The minimum atomic E-state index is -4.71. The SMILES string of the molecule is O=c1[nH]c(C(F)(F)F)nc2c1CCN(Cc1cccc(Cl)c1O)C2. The molecule has 24 heavy (non-hydrogen) atoms. The van der Waals surface area contributed by atoms with E-state index < -0.39 is 17.6 Å². The highest BCUT2D eigenvalue weighted by Crippen LogP contribution is 2.30. The van der Waals surface area contributed by atoms with Crippen molar-refractivity contribution < 1.29 is 18.3 Å². The van der Waals surface area contributed by atoms with Crippen molar-refractivity contribution in [1.82, 2.24) is 14.9 Å². The van der Waals surface area contributed by atoms with E-state index in [9.17, 15) is 23.1 Å². The number of aromatic nitrogens is 2. The van der Waals surface area contributed by atoms with E-state index in [1.54, 1.807) is 28.1 Å². The van der Waals surface area contributed by atoms with Crippen molar-refractivity contribution in [2.24, 2.45) is 0 Å². The largest absolute Gasteiger partial charge is 0.506 e. The number of nitrogens with zero attached hydrogens (tertiary/aromatic N) is 2. The summed E-state index contributed by atoms with van der Waals surface area (Å²) in [6.45, 7) is 0.852. The summed E-state index contributed by atoms with van der Waals surface area (Å²) in [4.78, 5) is 19.0. The predicted octanol–water partition coefficient (Wildman–Crippen LogP) is 2.71. The molecule has 2 heterocycles. The van der Waals surface area contributed by atoms with Crippen LogP contribution in [0.4, 0.5) is 13.2 Å². The molecule has 0 bridgehead atoms. The first-order valence-corrected chi connectivity index (χ1v) is 7.51. The van der Waals surface area contributed by atoms with Crippen LogP contribution in [0.3, 0.4) is 0 Å². The molecule has 1 aromatic carbocycles. The van der Waals surface area contributed by atoms with Crippen molar-refractivity contribution in [2.45, 2.75) is 25.7 Å². The fourth-order valence-electron chi connectivity index (χ4n) is 2.69. The fourth-order valence-corrected chi connectivity index (χ4v) is 2.89. The molecule has 0 saturated heterocycles. The molecule has 5 nitrogen and oxygen atoms in total. The molecule has 128 valence electrons. The second kappa shape index (κ2) is 6.10. The lowest BCUT2D eigenvalue weighted by molar-refractivity contribution is -0.145. The van der Waals surface area contributed by atoms with Crippen molar-refractivity contribution in [3.63, 3.8) is 0 Å². The molecule has 0 fully saturated rings. The molecule has 9 heteroatoms. The molecule has 0 saturated carbocycles. The highest BCUT2D eigenvalue weighted by Gasteiger charge is 2.36. The molecule has 0 unspecified atom stereocenters. The molecule has 0 amide bonds. The van der Waals surface area contributed by atoms with Crippen molar-refractivity contribution in [3.8, 4) is 5.75 Å². The van der Waals surface area contributed by atoms with Crippen molar-refractivity contribution in [1.29, 1.82) is 0 Å². The maximum Gasteiger partial charge on any atom is 0.449 e. The molecule has 0 aliphatic carbocycles. The van der Waals surface area contributed by atoms with E-state index >= 15 is 0 Å². The molecule has 3 rings (SSSR count). The quantitative estimate of drug-likeness (QED) is 0.865. The third kappa shape index (κ3) is 3.25. The van der Waals surface area contributed by atoms with Gasteiger partial charge in [-0.3, -0.25) is 9.69 Å². The number of benzene rings is 1. The highest BCUT2D eigenvalue weighted by molar-refractivity contribution is 6.32. The van der Waals surface area contributed by atoms with Crippen LogP contribution in [0.1, 0.15) is 22.6 Å². The maximum atomic E-state index is 12.8. The van der Waals surface area contributed by atoms with Crippen LogP contribution >= 0.6 is 11.6 Å². The number of phenols is 1. The first-order valence-electron chi connectivity index (χ1n) is 7.13. The van der Waals surface area contributed by atoms with Gasteiger partial charge in [-0.15, -0.1) is 0 Å². The smallest absolute Gasteiger partial charge is 0.449 e. The number of phenolic OH excluding ortho intramolecular Hbond substituents is 1. The number of aromatic hydroxyl groups is 1. The summed E-state index contributed by atoms with van der Waals surface area (Å²) >= 11 is 5.85. The Bertz CT molecular complexity index is 836. The summed E-state index contributed by atoms with van der Waals surface area (Å²) in [7, 11) is 0. The van der Waals surface area contributed by atoms with Gasteiger partial charge in [0.15, 0.2) is 0 Å². The number of hydrogen-bond donors (Lipinski definition) is 2. The monoisotopic (exact) mass is 359 g/mol. The van der Waals surface area contributed by atoms with E-state index in [4.69, 9.17) is 11.6 Å². The number of halogens is 4. The van der Waals surface area contributed by atoms with E-state index in [1.807, 2.05) is 0 Å².